The number of benzene rings is 2. The third kappa shape index (κ3) is 4.88. The lowest BCUT2D eigenvalue weighted by molar-refractivity contribution is -0.147. The number of hydrogen-bond acceptors (Lipinski definition) is 6. The Morgan fingerprint density at radius 3 is 2.38 bits per heavy atom. The normalized spacial score (nSPS) is 10.7. The summed E-state index contributed by atoms with van der Waals surface area (Å²) in [5.41, 5.74) is 2.81. The van der Waals surface area contributed by atoms with Crippen molar-refractivity contribution in [2.75, 3.05) is 19.0 Å². The molecule has 2 aromatic carbocycles. The molecule has 1 aromatic heterocycles. The number of nitrogens with one attached hydrogen (secondary N) is 1. The number of aromatic nitrogens is 2. The van der Waals surface area contributed by atoms with Gasteiger partial charge in [0.1, 0.15) is 0 Å². The first-order chi connectivity index (χ1) is 15.3. The van der Waals surface area contributed by atoms with Crippen LogP contribution in [0.15, 0.2) is 47.3 Å². The predicted molar refractivity (Wildman–Crippen MR) is 119 cm³/mol. The molecular formula is C23H25N3O6. The van der Waals surface area contributed by atoms with Crippen LogP contribution < -0.4 is 11.0 Å². The lowest BCUT2D eigenvalue weighted by Gasteiger charge is -2.10. The molecule has 0 aliphatic heterocycles. The first-order valence-corrected chi connectivity index (χ1v) is 10.2. The van der Waals surface area contributed by atoms with E-state index in [1.54, 1.807) is 23.6 Å². The zero-order valence-corrected chi connectivity index (χ0v) is 18.2. The van der Waals surface area contributed by atoms with Gasteiger partial charge in [0, 0.05) is 18.8 Å². The van der Waals surface area contributed by atoms with Crippen molar-refractivity contribution >= 4 is 34.6 Å². The van der Waals surface area contributed by atoms with Crippen LogP contribution in [0.5, 0.6) is 0 Å². The highest BCUT2D eigenvalue weighted by Crippen LogP contribution is 2.18. The second kappa shape index (κ2) is 9.95. The van der Waals surface area contributed by atoms with Crippen molar-refractivity contribution in [1.29, 1.82) is 0 Å². The van der Waals surface area contributed by atoms with Gasteiger partial charge in [0.25, 0.3) is 5.91 Å². The number of para-hydroxylation sites is 2. The average molecular weight is 439 g/mol. The molecular weight excluding hydrogens is 414 g/mol. The van der Waals surface area contributed by atoms with E-state index in [4.69, 9.17) is 4.74 Å². The van der Waals surface area contributed by atoms with Gasteiger partial charge in [0.15, 0.2) is 6.61 Å². The standard InChI is InChI=1S/C23H25N3O6/c1-4-25-18-7-5-6-8-19(18)26(23(25)30)12-11-21(28)32-14-20(27)24-17-13-16(22(29)31-3)10-9-15(17)2/h5-10,13H,4,11-12,14H2,1-3H3,(H,24,27). The lowest BCUT2D eigenvalue weighted by atomic mass is 10.1. The van der Waals surface area contributed by atoms with E-state index in [9.17, 15) is 19.2 Å². The number of methoxy groups -OCH3 is 1. The number of rotatable bonds is 8. The highest BCUT2D eigenvalue weighted by Gasteiger charge is 2.15. The fourth-order valence-corrected chi connectivity index (χ4v) is 3.40. The van der Waals surface area contributed by atoms with E-state index in [2.05, 4.69) is 10.1 Å². The molecule has 3 rings (SSSR count). The molecule has 0 bridgehead atoms. The summed E-state index contributed by atoms with van der Waals surface area (Å²) in [6.07, 6.45) is -0.0538. The maximum Gasteiger partial charge on any atom is 0.337 e. The molecule has 0 aliphatic rings. The molecule has 0 saturated heterocycles. The summed E-state index contributed by atoms with van der Waals surface area (Å²) in [7, 11) is 1.27. The van der Waals surface area contributed by atoms with E-state index >= 15 is 0 Å². The summed E-state index contributed by atoms with van der Waals surface area (Å²) in [6, 6.07) is 12.1. The first-order valence-electron chi connectivity index (χ1n) is 10.2. The first kappa shape index (κ1) is 22.8. The van der Waals surface area contributed by atoms with Crippen LogP contribution in [-0.2, 0) is 32.2 Å². The second-order valence-electron chi connectivity index (χ2n) is 7.15. The van der Waals surface area contributed by atoms with Gasteiger partial charge in [0.05, 0.1) is 30.1 Å². The van der Waals surface area contributed by atoms with Crippen molar-refractivity contribution in [3.05, 3.63) is 64.1 Å². The molecule has 1 amide bonds. The second-order valence-corrected chi connectivity index (χ2v) is 7.15. The molecule has 0 unspecified atom stereocenters. The minimum Gasteiger partial charge on any atom is -0.465 e. The molecule has 9 nitrogen and oxygen atoms in total. The van der Waals surface area contributed by atoms with Crippen molar-refractivity contribution in [3.63, 3.8) is 0 Å². The Morgan fingerprint density at radius 2 is 1.72 bits per heavy atom. The zero-order valence-electron chi connectivity index (χ0n) is 18.2. The summed E-state index contributed by atoms with van der Waals surface area (Å²) < 4.78 is 12.9. The van der Waals surface area contributed by atoms with Crippen molar-refractivity contribution in [1.82, 2.24) is 9.13 Å². The Bertz CT molecular complexity index is 1220. The number of fused-ring (bicyclic) bond motifs is 1. The third-order valence-corrected chi connectivity index (χ3v) is 5.08. The number of hydrogen-bond donors (Lipinski definition) is 1. The third-order valence-electron chi connectivity index (χ3n) is 5.08. The van der Waals surface area contributed by atoms with Crippen LogP contribution in [0.3, 0.4) is 0 Å². The summed E-state index contributed by atoms with van der Waals surface area (Å²) in [5.74, 6) is -1.66. The lowest BCUT2D eigenvalue weighted by Crippen LogP contribution is -2.26. The number of nitrogens with zero attached hydrogens (tertiary/aromatic N) is 2. The number of carbonyl (C=O) groups excluding carboxylic acids is 3. The largest absolute Gasteiger partial charge is 0.465 e. The van der Waals surface area contributed by atoms with E-state index in [1.807, 2.05) is 31.2 Å². The fraction of sp³-hybridized carbons (Fsp3) is 0.304. The molecule has 1 N–H and O–H groups in total. The summed E-state index contributed by atoms with van der Waals surface area (Å²) in [5, 5.41) is 2.62. The molecule has 0 radical (unpaired) electrons. The Labute approximate surface area is 184 Å². The molecule has 9 heteroatoms. The van der Waals surface area contributed by atoms with Crippen molar-refractivity contribution in [2.24, 2.45) is 0 Å². The molecule has 0 aliphatic carbocycles. The number of esters is 2. The fourth-order valence-electron chi connectivity index (χ4n) is 3.40. The van der Waals surface area contributed by atoms with Gasteiger partial charge in [-0.2, -0.15) is 0 Å². The summed E-state index contributed by atoms with van der Waals surface area (Å²) >= 11 is 0. The summed E-state index contributed by atoms with van der Waals surface area (Å²) in [6.45, 7) is 3.84. The number of imidazole rings is 1. The highest BCUT2D eigenvalue weighted by atomic mass is 16.5. The average Bonchev–Trinajstić information content (AvgIpc) is 3.07. The van der Waals surface area contributed by atoms with Gasteiger partial charge >= 0.3 is 17.6 Å². The summed E-state index contributed by atoms with van der Waals surface area (Å²) in [4.78, 5) is 48.6. The maximum atomic E-state index is 12.6. The predicted octanol–water partition coefficient (Wildman–Crippen LogP) is 2.49. The van der Waals surface area contributed by atoms with E-state index in [0.29, 0.717) is 17.8 Å². The van der Waals surface area contributed by atoms with Gasteiger partial charge in [-0.25, -0.2) is 9.59 Å². The van der Waals surface area contributed by atoms with Crippen LogP contribution in [0.1, 0.15) is 29.3 Å². The zero-order chi connectivity index (χ0) is 23.3. The van der Waals surface area contributed by atoms with Gasteiger partial charge in [-0.15, -0.1) is 0 Å². The van der Waals surface area contributed by atoms with Gasteiger partial charge in [-0.3, -0.25) is 18.7 Å². The van der Waals surface area contributed by atoms with Crippen LogP contribution >= 0.6 is 0 Å². The molecule has 1 heterocycles. The van der Waals surface area contributed by atoms with Crippen LogP contribution in [0.2, 0.25) is 0 Å². The molecule has 32 heavy (non-hydrogen) atoms. The van der Waals surface area contributed by atoms with Crippen molar-refractivity contribution in [2.45, 2.75) is 33.4 Å². The molecule has 0 atom stereocenters. The Kier molecular flexibility index (Phi) is 7.09. The molecule has 0 saturated carbocycles. The minimum absolute atomic E-state index is 0.0538. The smallest absolute Gasteiger partial charge is 0.337 e. The number of anilines is 1. The topological polar surface area (TPSA) is 109 Å². The van der Waals surface area contributed by atoms with Crippen molar-refractivity contribution in [3.8, 4) is 0 Å². The molecule has 3 aromatic rings. The van der Waals surface area contributed by atoms with Gasteiger partial charge in [-0.1, -0.05) is 18.2 Å². The minimum atomic E-state index is -0.597. The van der Waals surface area contributed by atoms with E-state index in [1.165, 1.54) is 17.7 Å². The van der Waals surface area contributed by atoms with E-state index < -0.39 is 24.5 Å². The highest BCUT2D eigenvalue weighted by molar-refractivity contribution is 5.96. The molecule has 0 fully saturated rings. The van der Waals surface area contributed by atoms with Crippen LogP contribution in [-0.4, -0.2) is 40.7 Å². The van der Waals surface area contributed by atoms with E-state index in [-0.39, 0.29) is 18.7 Å². The Morgan fingerprint density at radius 1 is 1.03 bits per heavy atom. The van der Waals surface area contributed by atoms with Gasteiger partial charge < -0.3 is 14.8 Å². The number of amides is 1. The molecule has 168 valence electrons. The van der Waals surface area contributed by atoms with Gasteiger partial charge in [-0.05, 0) is 43.7 Å². The number of ether oxygens (including phenoxy) is 2. The van der Waals surface area contributed by atoms with Crippen LogP contribution in [0.25, 0.3) is 11.0 Å². The quantitative estimate of drug-likeness (QED) is 0.540. The van der Waals surface area contributed by atoms with Crippen LogP contribution in [0, 0.1) is 6.92 Å². The maximum absolute atomic E-state index is 12.6. The SMILES string of the molecule is CCn1c(=O)n(CCC(=O)OCC(=O)Nc2cc(C(=O)OC)ccc2C)c2ccccc21. The Balaban J connectivity index is 1.58. The number of aryl methyl sites for hydroxylation is 3. The van der Waals surface area contributed by atoms with E-state index in [0.717, 1.165) is 16.6 Å². The Hall–Kier alpha value is -3.88. The van der Waals surface area contributed by atoms with Gasteiger partial charge in [0.2, 0.25) is 0 Å². The van der Waals surface area contributed by atoms with Crippen LogP contribution in [0.4, 0.5) is 5.69 Å². The number of carbonyl (C=O) groups is 3. The molecule has 0 spiro atoms. The van der Waals surface area contributed by atoms with Crippen molar-refractivity contribution < 1.29 is 23.9 Å². The monoisotopic (exact) mass is 439 g/mol.